The quantitative estimate of drug-likeness (QED) is 0.615. The molecule has 0 aliphatic heterocycles. The summed E-state index contributed by atoms with van der Waals surface area (Å²) in [6, 6.07) is 0. The Labute approximate surface area is 117 Å². The second-order valence-electron chi connectivity index (χ2n) is 6.87. The van der Waals surface area contributed by atoms with Gasteiger partial charge in [0, 0.05) is 0 Å². The van der Waals surface area contributed by atoms with Crippen molar-refractivity contribution in [3.63, 3.8) is 0 Å². The molecule has 2 rings (SSSR count). The minimum Gasteiger partial charge on any atom is -0.244 e. The van der Waals surface area contributed by atoms with Gasteiger partial charge in [-0.1, -0.05) is 46.0 Å². The van der Waals surface area contributed by atoms with Crippen LogP contribution in [0.3, 0.4) is 0 Å². The van der Waals surface area contributed by atoms with Crippen LogP contribution in [0.25, 0.3) is 0 Å². The highest BCUT2D eigenvalue weighted by Crippen LogP contribution is 2.44. The lowest BCUT2D eigenvalue weighted by molar-refractivity contribution is -0.0127. The van der Waals surface area contributed by atoms with Gasteiger partial charge in [-0.2, -0.15) is 0 Å². The zero-order valence-corrected chi connectivity index (χ0v) is 12.6. The highest BCUT2D eigenvalue weighted by Gasteiger charge is 2.43. The van der Waals surface area contributed by atoms with Crippen LogP contribution in [0.1, 0.15) is 71.6 Å². The number of halogens is 2. The van der Waals surface area contributed by atoms with Gasteiger partial charge < -0.3 is 0 Å². The first-order chi connectivity index (χ1) is 9.17. The van der Waals surface area contributed by atoms with Gasteiger partial charge in [-0.3, -0.25) is 0 Å². The van der Waals surface area contributed by atoms with E-state index in [4.69, 9.17) is 0 Å². The molecule has 4 atom stereocenters. The molecule has 0 amide bonds. The molecular formula is C17H30F2. The Morgan fingerprint density at radius 3 is 2.11 bits per heavy atom. The lowest BCUT2D eigenvalue weighted by Crippen LogP contribution is -2.42. The van der Waals surface area contributed by atoms with Crippen molar-refractivity contribution in [2.45, 2.75) is 84.0 Å². The van der Waals surface area contributed by atoms with E-state index in [9.17, 15) is 8.78 Å². The fourth-order valence-electron chi connectivity index (χ4n) is 4.46. The van der Waals surface area contributed by atoms with Crippen molar-refractivity contribution in [1.29, 1.82) is 0 Å². The highest BCUT2D eigenvalue weighted by atomic mass is 19.2. The molecule has 4 unspecified atom stereocenters. The molecule has 2 aliphatic carbocycles. The van der Waals surface area contributed by atoms with Crippen LogP contribution in [0.2, 0.25) is 0 Å². The van der Waals surface area contributed by atoms with Gasteiger partial charge in [0.1, 0.15) is 12.3 Å². The first kappa shape index (κ1) is 15.3. The van der Waals surface area contributed by atoms with E-state index in [1.54, 1.807) is 0 Å². The summed E-state index contributed by atoms with van der Waals surface area (Å²) in [4.78, 5) is 0. The topological polar surface area (TPSA) is 0 Å². The van der Waals surface area contributed by atoms with Gasteiger partial charge in [-0.05, 0) is 49.4 Å². The average molecular weight is 272 g/mol. The Hall–Kier alpha value is -0.140. The maximum Gasteiger partial charge on any atom is 0.134 e. The second-order valence-corrected chi connectivity index (χ2v) is 6.87. The molecule has 0 N–H and O–H groups in total. The van der Waals surface area contributed by atoms with Crippen LogP contribution in [-0.2, 0) is 0 Å². The average Bonchev–Trinajstić information content (AvgIpc) is 2.43. The molecule has 2 aliphatic rings. The smallest absolute Gasteiger partial charge is 0.134 e. The van der Waals surface area contributed by atoms with Gasteiger partial charge >= 0.3 is 0 Å². The van der Waals surface area contributed by atoms with Crippen molar-refractivity contribution < 1.29 is 8.78 Å². The van der Waals surface area contributed by atoms with Gasteiger partial charge in [0.2, 0.25) is 0 Å². The fourth-order valence-corrected chi connectivity index (χ4v) is 4.46. The van der Waals surface area contributed by atoms with Crippen LogP contribution in [-0.4, -0.2) is 12.3 Å². The third-order valence-corrected chi connectivity index (χ3v) is 5.75. The molecule has 112 valence electrons. The summed E-state index contributed by atoms with van der Waals surface area (Å²) in [6.45, 7) is 4.23. The maximum atomic E-state index is 14.3. The van der Waals surface area contributed by atoms with E-state index in [0.717, 1.165) is 38.0 Å². The second kappa shape index (κ2) is 7.04. The monoisotopic (exact) mass is 272 g/mol. The Balaban J connectivity index is 1.86. The van der Waals surface area contributed by atoms with E-state index in [2.05, 4.69) is 6.92 Å². The maximum absolute atomic E-state index is 14.3. The van der Waals surface area contributed by atoms with Crippen molar-refractivity contribution in [3.05, 3.63) is 0 Å². The van der Waals surface area contributed by atoms with Gasteiger partial charge in [0.05, 0.1) is 0 Å². The summed E-state index contributed by atoms with van der Waals surface area (Å²) in [5.41, 5.74) is 0. The van der Waals surface area contributed by atoms with Gasteiger partial charge in [0.25, 0.3) is 0 Å². The van der Waals surface area contributed by atoms with Crippen LogP contribution in [0.4, 0.5) is 8.78 Å². The molecule has 0 aromatic carbocycles. The van der Waals surface area contributed by atoms with Crippen LogP contribution in [0.5, 0.6) is 0 Å². The van der Waals surface area contributed by atoms with Crippen molar-refractivity contribution in [2.75, 3.05) is 0 Å². The van der Waals surface area contributed by atoms with E-state index in [0.29, 0.717) is 5.92 Å². The summed E-state index contributed by atoms with van der Waals surface area (Å²) < 4.78 is 28.4. The molecular weight excluding hydrogens is 242 g/mol. The highest BCUT2D eigenvalue weighted by molar-refractivity contribution is 4.92. The third-order valence-electron chi connectivity index (χ3n) is 5.75. The normalized spacial score (nSPS) is 44.2. The van der Waals surface area contributed by atoms with Crippen molar-refractivity contribution >= 4 is 0 Å². The van der Waals surface area contributed by atoms with Crippen LogP contribution >= 0.6 is 0 Å². The van der Waals surface area contributed by atoms with E-state index in [1.807, 2.05) is 6.92 Å². The lowest BCUT2D eigenvalue weighted by atomic mass is 9.67. The molecule has 2 fully saturated rings. The van der Waals surface area contributed by atoms with Crippen molar-refractivity contribution in [3.8, 4) is 0 Å². The summed E-state index contributed by atoms with van der Waals surface area (Å²) in [5.74, 6) is 1.30. The Morgan fingerprint density at radius 2 is 1.53 bits per heavy atom. The zero-order valence-electron chi connectivity index (χ0n) is 12.6. The summed E-state index contributed by atoms with van der Waals surface area (Å²) in [5, 5.41) is 0. The Bertz CT molecular complexity index is 258. The Kier molecular flexibility index (Phi) is 5.65. The molecule has 0 aromatic heterocycles. The minimum absolute atomic E-state index is 0.0142. The number of alkyl halides is 2. The molecule has 0 nitrogen and oxygen atoms in total. The fraction of sp³-hybridized carbons (Fsp3) is 1.00. The minimum atomic E-state index is -1.20. The molecule has 2 heteroatoms. The first-order valence-electron chi connectivity index (χ1n) is 8.45. The lowest BCUT2D eigenvalue weighted by Gasteiger charge is -2.41. The van der Waals surface area contributed by atoms with Crippen LogP contribution < -0.4 is 0 Å². The summed E-state index contributed by atoms with van der Waals surface area (Å²) >= 11 is 0. The van der Waals surface area contributed by atoms with Crippen LogP contribution in [0, 0.1) is 23.7 Å². The third kappa shape index (κ3) is 3.49. The molecule has 0 bridgehead atoms. The number of rotatable bonds is 4. The van der Waals surface area contributed by atoms with Crippen molar-refractivity contribution in [2.24, 2.45) is 23.7 Å². The SMILES string of the molecule is CCCC1CCC(C2CCC(CC)C(F)C2F)CC1. The zero-order chi connectivity index (χ0) is 13.8. The number of hydrogen-bond acceptors (Lipinski definition) is 0. The molecule has 19 heavy (non-hydrogen) atoms. The standard InChI is InChI=1S/C17H30F2/c1-3-5-12-6-8-14(9-7-12)15-11-10-13(4-2)16(18)17(15)19/h12-17H,3-11H2,1-2H3. The van der Waals surface area contributed by atoms with Crippen LogP contribution in [0.15, 0.2) is 0 Å². The van der Waals surface area contributed by atoms with Gasteiger partial charge in [-0.15, -0.1) is 0 Å². The largest absolute Gasteiger partial charge is 0.244 e. The molecule has 0 saturated heterocycles. The van der Waals surface area contributed by atoms with Crippen molar-refractivity contribution in [1.82, 2.24) is 0 Å². The predicted octanol–water partition coefficient (Wildman–Crippen LogP) is 5.71. The summed E-state index contributed by atoms with van der Waals surface area (Å²) in [7, 11) is 0. The van der Waals surface area contributed by atoms with Gasteiger partial charge in [0.15, 0.2) is 0 Å². The predicted molar refractivity (Wildman–Crippen MR) is 76.7 cm³/mol. The molecule has 0 radical (unpaired) electrons. The Morgan fingerprint density at radius 1 is 0.842 bits per heavy atom. The molecule has 0 aromatic rings. The van der Waals surface area contributed by atoms with E-state index in [-0.39, 0.29) is 11.8 Å². The molecule has 2 saturated carbocycles. The van der Waals surface area contributed by atoms with E-state index >= 15 is 0 Å². The van der Waals surface area contributed by atoms with E-state index < -0.39 is 12.3 Å². The van der Waals surface area contributed by atoms with Gasteiger partial charge in [-0.25, -0.2) is 8.78 Å². The first-order valence-corrected chi connectivity index (χ1v) is 8.45. The molecule has 0 spiro atoms. The van der Waals surface area contributed by atoms with E-state index in [1.165, 1.54) is 25.7 Å². The summed E-state index contributed by atoms with van der Waals surface area (Å²) in [6.07, 6.45) is 7.57. The number of hydrogen-bond donors (Lipinski definition) is 0. The molecule has 0 heterocycles.